The second kappa shape index (κ2) is 12.0. The number of likely N-dealkylation sites (N-methyl/N-ethyl adjacent to an activating group) is 1. The summed E-state index contributed by atoms with van der Waals surface area (Å²) in [6.45, 7) is 6.30. The van der Waals surface area contributed by atoms with Crippen LogP contribution in [0.5, 0.6) is 5.75 Å². The van der Waals surface area contributed by atoms with Crippen LogP contribution in [-0.4, -0.2) is 47.1 Å². The summed E-state index contributed by atoms with van der Waals surface area (Å²) < 4.78 is 34.6. The predicted molar refractivity (Wildman–Crippen MR) is 126 cm³/mol. The molecule has 0 saturated heterocycles. The molecule has 0 aromatic heterocycles. The van der Waals surface area contributed by atoms with E-state index >= 15 is 0 Å². The monoisotopic (exact) mass is 442 g/mol. The van der Waals surface area contributed by atoms with Crippen LogP contribution in [0, 0.1) is 11.3 Å². The third kappa shape index (κ3) is 7.96. The SMILES string of the molecule is C=CCN(C)CCCCCOc1ccc(N(C)S(=O)(=O)Nc2ccc(C#N)cc2)cc1. The van der Waals surface area contributed by atoms with Crippen LogP contribution in [0.1, 0.15) is 24.8 Å². The summed E-state index contributed by atoms with van der Waals surface area (Å²) >= 11 is 0. The number of ether oxygens (including phenoxy) is 1. The lowest BCUT2D eigenvalue weighted by Crippen LogP contribution is -2.32. The zero-order chi connectivity index (χ0) is 22.7. The van der Waals surface area contributed by atoms with Gasteiger partial charge in [0.2, 0.25) is 0 Å². The molecular weight excluding hydrogens is 412 g/mol. The fourth-order valence-electron chi connectivity index (χ4n) is 2.88. The van der Waals surface area contributed by atoms with Crippen LogP contribution in [0.3, 0.4) is 0 Å². The van der Waals surface area contributed by atoms with Gasteiger partial charge in [-0.15, -0.1) is 6.58 Å². The third-order valence-corrected chi connectivity index (χ3v) is 6.14. The maximum absolute atomic E-state index is 12.6. The largest absolute Gasteiger partial charge is 0.494 e. The molecule has 2 aromatic carbocycles. The van der Waals surface area contributed by atoms with E-state index in [1.807, 2.05) is 12.1 Å². The van der Waals surface area contributed by atoms with Crippen molar-refractivity contribution in [3.8, 4) is 11.8 Å². The van der Waals surface area contributed by atoms with Crippen molar-refractivity contribution in [1.82, 2.24) is 4.90 Å². The molecule has 0 bridgehead atoms. The van der Waals surface area contributed by atoms with Crippen LogP contribution in [0.4, 0.5) is 11.4 Å². The molecule has 0 amide bonds. The number of unbranched alkanes of at least 4 members (excludes halogenated alkanes) is 2. The van der Waals surface area contributed by atoms with Gasteiger partial charge in [-0.25, -0.2) is 0 Å². The van der Waals surface area contributed by atoms with Gasteiger partial charge in [0, 0.05) is 13.6 Å². The summed E-state index contributed by atoms with van der Waals surface area (Å²) in [5.41, 5.74) is 1.37. The molecule has 0 unspecified atom stereocenters. The van der Waals surface area contributed by atoms with Gasteiger partial charge in [0.25, 0.3) is 0 Å². The number of benzene rings is 2. The fraction of sp³-hybridized carbons (Fsp3) is 0.348. The van der Waals surface area contributed by atoms with E-state index in [2.05, 4.69) is 23.2 Å². The Kier molecular flexibility index (Phi) is 9.38. The first kappa shape index (κ1) is 24.3. The molecule has 2 aromatic rings. The Morgan fingerprint density at radius 1 is 1.06 bits per heavy atom. The first-order valence-corrected chi connectivity index (χ1v) is 11.6. The standard InChI is InChI=1S/C23H30N4O3S/c1-4-16-26(2)17-6-5-7-18-30-23-14-12-22(13-15-23)27(3)31(28,29)25-21-10-8-20(19-24)9-11-21/h4,8-15,25H,1,5-7,16-18H2,2-3H3. The molecular formula is C23H30N4O3S. The van der Waals surface area contributed by atoms with E-state index in [9.17, 15) is 8.42 Å². The second-order valence-electron chi connectivity index (χ2n) is 7.22. The molecule has 0 fully saturated rings. The highest BCUT2D eigenvalue weighted by Gasteiger charge is 2.18. The molecule has 1 N–H and O–H groups in total. The van der Waals surface area contributed by atoms with Crippen molar-refractivity contribution in [3.05, 3.63) is 66.7 Å². The van der Waals surface area contributed by atoms with Crippen LogP contribution < -0.4 is 13.8 Å². The van der Waals surface area contributed by atoms with Gasteiger partial charge in [0.15, 0.2) is 0 Å². The van der Waals surface area contributed by atoms with Crippen molar-refractivity contribution >= 4 is 21.6 Å². The lowest BCUT2D eigenvalue weighted by atomic mass is 10.2. The van der Waals surface area contributed by atoms with E-state index in [0.29, 0.717) is 29.3 Å². The summed E-state index contributed by atoms with van der Waals surface area (Å²) in [4.78, 5) is 2.23. The third-order valence-electron chi connectivity index (χ3n) is 4.72. The maximum Gasteiger partial charge on any atom is 0.323 e. The summed E-state index contributed by atoms with van der Waals surface area (Å²) in [6.07, 6.45) is 5.06. The number of hydrogen-bond acceptors (Lipinski definition) is 5. The molecule has 0 aliphatic heterocycles. The Hall–Kier alpha value is -3.02. The van der Waals surface area contributed by atoms with Crippen molar-refractivity contribution in [2.75, 3.05) is 42.8 Å². The summed E-state index contributed by atoms with van der Waals surface area (Å²) in [6, 6.07) is 15.2. The van der Waals surface area contributed by atoms with Gasteiger partial charge in [0.1, 0.15) is 5.75 Å². The van der Waals surface area contributed by atoms with Gasteiger partial charge in [-0.3, -0.25) is 9.03 Å². The zero-order valence-electron chi connectivity index (χ0n) is 18.1. The average Bonchev–Trinajstić information content (AvgIpc) is 2.76. The molecule has 31 heavy (non-hydrogen) atoms. The van der Waals surface area contributed by atoms with Crippen LogP contribution in [-0.2, 0) is 10.2 Å². The molecule has 0 atom stereocenters. The quantitative estimate of drug-likeness (QED) is 0.374. The van der Waals surface area contributed by atoms with Crippen LogP contribution in [0.15, 0.2) is 61.2 Å². The molecule has 0 aliphatic rings. The van der Waals surface area contributed by atoms with Gasteiger partial charge in [-0.2, -0.15) is 13.7 Å². The number of nitrogens with one attached hydrogen (secondary N) is 1. The number of hydrogen-bond donors (Lipinski definition) is 1. The van der Waals surface area contributed by atoms with E-state index in [4.69, 9.17) is 10.00 Å². The van der Waals surface area contributed by atoms with Crippen LogP contribution >= 0.6 is 0 Å². The second-order valence-corrected chi connectivity index (χ2v) is 8.92. The lowest BCUT2D eigenvalue weighted by Gasteiger charge is -2.20. The highest BCUT2D eigenvalue weighted by molar-refractivity contribution is 7.94. The molecule has 0 heterocycles. The van der Waals surface area contributed by atoms with E-state index in [1.54, 1.807) is 48.5 Å². The Morgan fingerprint density at radius 3 is 2.35 bits per heavy atom. The molecule has 7 nitrogen and oxygen atoms in total. The molecule has 0 radical (unpaired) electrons. The molecule has 2 rings (SSSR count). The molecule has 166 valence electrons. The van der Waals surface area contributed by atoms with Crippen molar-refractivity contribution in [1.29, 1.82) is 5.26 Å². The first-order chi connectivity index (χ1) is 14.9. The number of nitrogens with zero attached hydrogens (tertiary/aromatic N) is 3. The van der Waals surface area contributed by atoms with Crippen molar-refractivity contribution in [2.45, 2.75) is 19.3 Å². The van der Waals surface area contributed by atoms with Gasteiger partial charge in [-0.05, 0) is 81.4 Å². The lowest BCUT2D eigenvalue weighted by molar-refractivity contribution is 0.296. The Bertz CT molecular complexity index is 967. The summed E-state index contributed by atoms with van der Waals surface area (Å²) in [5.74, 6) is 0.707. The highest BCUT2D eigenvalue weighted by atomic mass is 32.2. The van der Waals surface area contributed by atoms with E-state index in [-0.39, 0.29) is 0 Å². The molecule has 8 heteroatoms. The van der Waals surface area contributed by atoms with Gasteiger partial charge < -0.3 is 9.64 Å². The summed E-state index contributed by atoms with van der Waals surface area (Å²) in [7, 11) is -0.230. The van der Waals surface area contributed by atoms with Crippen molar-refractivity contribution < 1.29 is 13.2 Å². The predicted octanol–water partition coefficient (Wildman–Crippen LogP) is 4.02. The molecule has 0 spiro atoms. The number of anilines is 2. The van der Waals surface area contributed by atoms with Crippen molar-refractivity contribution in [2.24, 2.45) is 0 Å². The minimum atomic E-state index is -3.79. The van der Waals surface area contributed by atoms with Crippen molar-refractivity contribution in [3.63, 3.8) is 0 Å². The minimum Gasteiger partial charge on any atom is -0.494 e. The maximum atomic E-state index is 12.6. The van der Waals surface area contributed by atoms with Crippen LogP contribution in [0.25, 0.3) is 0 Å². The topological polar surface area (TPSA) is 85.7 Å². The van der Waals surface area contributed by atoms with E-state index in [1.165, 1.54) is 7.05 Å². The summed E-state index contributed by atoms with van der Waals surface area (Å²) in [5, 5.41) is 8.84. The first-order valence-electron chi connectivity index (χ1n) is 10.1. The Balaban J connectivity index is 1.81. The molecule has 0 saturated carbocycles. The Morgan fingerprint density at radius 2 is 1.74 bits per heavy atom. The average molecular weight is 443 g/mol. The zero-order valence-corrected chi connectivity index (χ0v) is 18.9. The van der Waals surface area contributed by atoms with Gasteiger partial charge in [-0.1, -0.05) is 6.08 Å². The Labute approximate surface area is 185 Å². The smallest absolute Gasteiger partial charge is 0.323 e. The van der Waals surface area contributed by atoms with Crippen LogP contribution in [0.2, 0.25) is 0 Å². The molecule has 0 aliphatic carbocycles. The fourth-order valence-corrected chi connectivity index (χ4v) is 3.85. The highest BCUT2D eigenvalue weighted by Crippen LogP contribution is 2.22. The minimum absolute atomic E-state index is 0.390. The van der Waals surface area contributed by atoms with E-state index < -0.39 is 10.2 Å². The van der Waals surface area contributed by atoms with Gasteiger partial charge >= 0.3 is 10.2 Å². The van der Waals surface area contributed by atoms with Gasteiger partial charge in [0.05, 0.1) is 29.6 Å². The van der Waals surface area contributed by atoms with E-state index in [0.717, 1.165) is 36.7 Å². The normalized spacial score (nSPS) is 11.0. The number of nitriles is 1. The number of rotatable bonds is 13.